The fourth-order valence-corrected chi connectivity index (χ4v) is 2.08. The lowest BCUT2D eigenvalue weighted by atomic mass is 10.1. The molecule has 26 heavy (non-hydrogen) atoms. The maximum absolute atomic E-state index is 11.9. The minimum Gasteiger partial charge on any atom is -0.493 e. The first-order valence-corrected chi connectivity index (χ1v) is 8.46. The summed E-state index contributed by atoms with van der Waals surface area (Å²) >= 11 is 0. The molecule has 0 bridgehead atoms. The number of halogens is 1. The Hall–Kier alpha value is -1.71. The summed E-state index contributed by atoms with van der Waals surface area (Å²) in [5.74, 6) is 1.71. The summed E-state index contributed by atoms with van der Waals surface area (Å²) in [7, 11) is 1.60. The molecule has 0 aromatic heterocycles. The van der Waals surface area contributed by atoms with Gasteiger partial charge < -0.3 is 25.4 Å². The Morgan fingerprint density at radius 3 is 2.42 bits per heavy atom. The standard InChI is InChI=1S/C18H30N4O3.HI/c1-7-19-17(20-12-16(23)22-18(3,4)5)21-13-9-10-14(24-6)15(11-13)25-8-2;/h9-11H,7-8,12H2,1-6H3,(H,22,23)(H2,19,20,21);1H. The zero-order chi connectivity index (χ0) is 18.9. The van der Waals surface area contributed by atoms with Crippen molar-refractivity contribution in [3.63, 3.8) is 0 Å². The van der Waals surface area contributed by atoms with Crippen LogP contribution in [0.25, 0.3) is 0 Å². The number of hydrogen-bond acceptors (Lipinski definition) is 4. The second-order valence-corrected chi connectivity index (χ2v) is 6.42. The first-order valence-electron chi connectivity index (χ1n) is 8.46. The van der Waals surface area contributed by atoms with E-state index < -0.39 is 0 Å². The predicted octanol–water partition coefficient (Wildman–Crippen LogP) is 3.00. The van der Waals surface area contributed by atoms with Crippen molar-refractivity contribution in [1.29, 1.82) is 0 Å². The van der Waals surface area contributed by atoms with Crippen molar-refractivity contribution in [2.45, 2.75) is 40.2 Å². The third-order valence-electron chi connectivity index (χ3n) is 2.97. The first kappa shape index (κ1) is 24.3. The van der Waals surface area contributed by atoms with Crippen LogP contribution in [0.15, 0.2) is 23.2 Å². The molecule has 1 aromatic rings. The molecule has 148 valence electrons. The van der Waals surface area contributed by atoms with E-state index in [2.05, 4.69) is 20.9 Å². The summed E-state index contributed by atoms with van der Waals surface area (Å²) in [5.41, 5.74) is 0.515. The van der Waals surface area contributed by atoms with Crippen LogP contribution in [0.3, 0.4) is 0 Å². The van der Waals surface area contributed by atoms with Gasteiger partial charge in [0.05, 0.1) is 13.7 Å². The SMILES string of the molecule is CCNC(=NCC(=O)NC(C)(C)C)Nc1ccc(OC)c(OCC)c1.I. The van der Waals surface area contributed by atoms with Crippen molar-refractivity contribution in [3.05, 3.63) is 18.2 Å². The van der Waals surface area contributed by atoms with Crippen LogP contribution in [-0.4, -0.2) is 44.2 Å². The van der Waals surface area contributed by atoms with E-state index in [4.69, 9.17) is 9.47 Å². The largest absolute Gasteiger partial charge is 0.493 e. The number of carbonyl (C=O) groups is 1. The predicted molar refractivity (Wildman–Crippen MR) is 117 cm³/mol. The lowest BCUT2D eigenvalue weighted by molar-refractivity contribution is -0.121. The Bertz CT molecular complexity index is 601. The Morgan fingerprint density at radius 1 is 1.19 bits per heavy atom. The number of rotatable bonds is 7. The molecular formula is C18H31IN4O3. The van der Waals surface area contributed by atoms with Crippen LogP contribution >= 0.6 is 24.0 Å². The number of benzene rings is 1. The van der Waals surface area contributed by atoms with Gasteiger partial charge >= 0.3 is 0 Å². The van der Waals surface area contributed by atoms with Gasteiger partial charge in [0, 0.05) is 23.8 Å². The van der Waals surface area contributed by atoms with E-state index in [1.807, 2.05) is 52.8 Å². The van der Waals surface area contributed by atoms with Crippen LogP contribution in [-0.2, 0) is 4.79 Å². The maximum Gasteiger partial charge on any atom is 0.242 e. The second-order valence-electron chi connectivity index (χ2n) is 6.42. The molecule has 1 aromatic carbocycles. The highest BCUT2D eigenvalue weighted by atomic mass is 127. The van der Waals surface area contributed by atoms with Crippen LogP contribution < -0.4 is 25.4 Å². The first-order chi connectivity index (χ1) is 11.8. The van der Waals surface area contributed by atoms with Crippen molar-refractivity contribution >= 4 is 41.5 Å². The van der Waals surface area contributed by atoms with Crippen molar-refractivity contribution < 1.29 is 14.3 Å². The fourth-order valence-electron chi connectivity index (χ4n) is 2.08. The molecule has 0 spiro atoms. The van der Waals surface area contributed by atoms with E-state index in [9.17, 15) is 4.79 Å². The molecule has 0 unspecified atom stereocenters. The average molecular weight is 478 g/mol. The molecule has 3 N–H and O–H groups in total. The molecule has 1 amide bonds. The fraction of sp³-hybridized carbons (Fsp3) is 0.556. The summed E-state index contributed by atoms with van der Waals surface area (Å²) in [6, 6.07) is 5.52. The van der Waals surface area contributed by atoms with E-state index >= 15 is 0 Å². The van der Waals surface area contributed by atoms with Gasteiger partial charge in [-0.15, -0.1) is 24.0 Å². The summed E-state index contributed by atoms with van der Waals surface area (Å²) in [6.45, 7) is 11.0. The Labute approximate surface area is 173 Å². The third-order valence-corrected chi connectivity index (χ3v) is 2.97. The van der Waals surface area contributed by atoms with Crippen molar-refractivity contribution in [2.24, 2.45) is 4.99 Å². The molecule has 0 aliphatic rings. The van der Waals surface area contributed by atoms with Crippen LogP contribution in [0, 0.1) is 0 Å². The zero-order valence-corrected chi connectivity index (χ0v) is 18.8. The van der Waals surface area contributed by atoms with Crippen molar-refractivity contribution in [2.75, 3.05) is 32.1 Å². The van der Waals surface area contributed by atoms with Crippen molar-refractivity contribution in [1.82, 2.24) is 10.6 Å². The lowest BCUT2D eigenvalue weighted by Crippen LogP contribution is -2.42. The summed E-state index contributed by atoms with van der Waals surface area (Å²) in [5, 5.41) is 9.17. The highest BCUT2D eigenvalue weighted by Crippen LogP contribution is 2.30. The number of amides is 1. The van der Waals surface area contributed by atoms with E-state index in [1.165, 1.54) is 0 Å². The number of aliphatic imine (C=N–C) groups is 1. The number of nitrogens with zero attached hydrogens (tertiary/aromatic N) is 1. The number of ether oxygens (including phenoxy) is 2. The molecule has 1 rings (SSSR count). The molecule has 0 heterocycles. The molecule has 0 aliphatic carbocycles. The number of guanidine groups is 1. The van der Waals surface area contributed by atoms with Gasteiger partial charge in [-0.05, 0) is 46.8 Å². The van der Waals surface area contributed by atoms with E-state index in [0.29, 0.717) is 30.6 Å². The number of carbonyl (C=O) groups excluding carboxylic acids is 1. The average Bonchev–Trinajstić information content (AvgIpc) is 2.52. The van der Waals surface area contributed by atoms with Gasteiger partial charge in [-0.25, -0.2) is 4.99 Å². The number of anilines is 1. The quantitative estimate of drug-likeness (QED) is 0.319. The van der Waals surface area contributed by atoms with E-state index in [0.717, 1.165) is 5.69 Å². The van der Waals surface area contributed by atoms with E-state index in [1.54, 1.807) is 7.11 Å². The minimum atomic E-state index is -0.277. The molecule has 0 aliphatic heterocycles. The second kappa shape index (κ2) is 11.8. The highest BCUT2D eigenvalue weighted by molar-refractivity contribution is 14.0. The van der Waals surface area contributed by atoms with Gasteiger partial charge in [0.25, 0.3) is 0 Å². The summed E-state index contributed by atoms with van der Waals surface area (Å²) in [4.78, 5) is 16.3. The molecule has 7 nitrogen and oxygen atoms in total. The summed E-state index contributed by atoms with van der Waals surface area (Å²) < 4.78 is 10.9. The van der Waals surface area contributed by atoms with Gasteiger partial charge in [-0.1, -0.05) is 0 Å². The van der Waals surface area contributed by atoms with Crippen LogP contribution in [0.4, 0.5) is 5.69 Å². The highest BCUT2D eigenvalue weighted by Gasteiger charge is 2.13. The van der Waals surface area contributed by atoms with Gasteiger partial charge in [-0.2, -0.15) is 0 Å². The smallest absolute Gasteiger partial charge is 0.242 e. The number of hydrogen-bond donors (Lipinski definition) is 3. The van der Waals surface area contributed by atoms with Crippen LogP contribution in [0.5, 0.6) is 11.5 Å². The lowest BCUT2D eigenvalue weighted by Gasteiger charge is -2.20. The van der Waals surface area contributed by atoms with Gasteiger partial charge in [0.1, 0.15) is 6.54 Å². The monoisotopic (exact) mass is 478 g/mol. The van der Waals surface area contributed by atoms with Gasteiger partial charge in [0.15, 0.2) is 17.5 Å². The van der Waals surface area contributed by atoms with Crippen LogP contribution in [0.1, 0.15) is 34.6 Å². The molecule has 0 saturated carbocycles. The molecule has 0 radical (unpaired) electrons. The third kappa shape index (κ3) is 9.12. The van der Waals surface area contributed by atoms with Crippen molar-refractivity contribution in [3.8, 4) is 11.5 Å². The Kier molecular flexibility index (Phi) is 11.0. The number of nitrogens with one attached hydrogen (secondary N) is 3. The zero-order valence-electron chi connectivity index (χ0n) is 16.4. The van der Waals surface area contributed by atoms with Gasteiger partial charge in [0.2, 0.25) is 5.91 Å². The Balaban J connectivity index is 0.00000625. The minimum absolute atomic E-state index is 0. The maximum atomic E-state index is 11.9. The summed E-state index contributed by atoms with van der Waals surface area (Å²) in [6.07, 6.45) is 0. The van der Waals surface area contributed by atoms with Gasteiger partial charge in [-0.3, -0.25) is 4.79 Å². The molecule has 0 fully saturated rings. The number of methoxy groups -OCH3 is 1. The van der Waals surface area contributed by atoms with Crippen LogP contribution in [0.2, 0.25) is 0 Å². The normalized spacial score (nSPS) is 11.2. The topological polar surface area (TPSA) is 84.0 Å². The van der Waals surface area contributed by atoms with E-state index in [-0.39, 0.29) is 42.0 Å². The molecule has 8 heteroatoms. The molecule has 0 saturated heterocycles. The molecular weight excluding hydrogens is 447 g/mol. The Morgan fingerprint density at radius 2 is 1.88 bits per heavy atom. The molecule has 0 atom stereocenters.